The van der Waals surface area contributed by atoms with E-state index >= 15 is 0 Å². The summed E-state index contributed by atoms with van der Waals surface area (Å²) in [6.45, 7) is 0. The zero-order valence-corrected chi connectivity index (χ0v) is 8.17. The number of alkyl halides is 3. The number of aromatic nitrogens is 2. The number of hydrogen-bond acceptors (Lipinski definition) is 3. The van der Waals surface area contributed by atoms with Gasteiger partial charge in [0.25, 0.3) is 0 Å². The van der Waals surface area contributed by atoms with E-state index in [2.05, 4.69) is 9.97 Å². The van der Waals surface area contributed by atoms with Gasteiger partial charge in [0.2, 0.25) is 0 Å². The molecule has 2 rings (SSSR count). The lowest BCUT2D eigenvalue weighted by molar-refractivity contribution is -0.137. The van der Waals surface area contributed by atoms with Gasteiger partial charge < -0.3 is 4.98 Å². The fourth-order valence-corrected chi connectivity index (χ4v) is 1.43. The topological polar surface area (TPSA) is 69.5 Å². The van der Waals surface area contributed by atoms with Crippen molar-refractivity contribution in [2.45, 2.75) is 6.18 Å². The van der Waals surface area contributed by atoms with Crippen molar-refractivity contribution in [2.75, 3.05) is 0 Å². The molecule has 0 saturated carbocycles. The molecule has 17 heavy (non-hydrogen) atoms. The summed E-state index contributed by atoms with van der Waals surface area (Å²) in [4.78, 5) is 16.5. The summed E-state index contributed by atoms with van der Waals surface area (Å²) in [5.74, 6) is 0. The molecule has 0 saturated heterocycles. The predicted octanol–water partition coefficient (Wildman–Crippen LogP) is 1.81. The molecule has 1 aromatic carbocycles. The van der Waals surface area contributed by atoms with Crippen LogP contribution in [0.3, 0.4) is 0 Å². The maximum atomic E-state index is 12.5. The van der Waals surface area contributed by atoms with Crippen LogP contribution in [0.15, 0.2) is 23.1 Å². The Hall–Kier alpha value is -2.36. The van der Waals surface area contributed by atoms with Crippen molar-refractivity contribution in [3.05, 3.63) is 39.9 Å². The molecule has 0 radical (unpaired) electrons. The predicted molar refractivity (Wildman–Crippen MR) is 52.1 cm³/mol. The molecule has 2 aromatic rings. The molecule has 0 fully saturated rings. The van der Waals surface area contributed by atoms with Gasteiger partial charge in [-0.3, -0.25) is 0 Å². The second-order valence-electron chi connectivity index (χ2n) is 3.29. The number of nitrogens with zero attached hydrogens (tertiary/aromatic N) is 2. The normalized spacial score (nSPS) is 11.4. The molecule has 0 amide bonds. The molecule has 0 aliphatic rings. The van der Waals surface area contributed by atoms with Crippen LogP contribution in [0, 0.1) is 11.3 Å². The van der Waals surface area contributed by atoms with Crippen LogP contribution in [0.4, 0.5) is 13.2 Å². The number of hydrogen-bond donors (Lipinski definition) is 1. The van der Waals surface area contributed by atoms with Gasteiger partial charge in [0.05, 0.1) is 16.6 Å². The van der Waals surface area contributed by atoms with Crippen molar-refractivity contribution >= 4 is 10.9 Å². The maximum Gasteiger partial charge on any atom is 0.416 e. The smallest absolute Gasteiger partial charge is 0.304 e. The van der Waals surface area contributed by atoms with E-state index in [0.29, 0.717) is 6.07 Å². The molecule has 1 heterocycles. The van der Waals surface area contributed by atoms with Crippen LogP contribution in [0.5, 0.6) is 0 Å². The number of aromatic amines is 1. The Labute approximate surface area is 92.3 Å². The maximum absolute atomic E-state index is 12.5. The third kappa shape index (κ3) is 1.97. The van der Waals surface area contributed by atoms with E-state index < -0.39 is 17.4 Å². The first-order valence-corrected chi connectivity index (χ1v) is 4.42. The number of rotatable bonds is 0. The van der Waals surface area contributed by atoms with Crippen LogP contribution < -0.4 is 5.69 Å². The molecular formula is C10H4F3N3O. The fraction of sp³-hybridized carbons (Fsp3) is 0.100. The van der Waals surface area contributed by atoms with Crippen molar-refractivity contribution in [3.63, 3.8) is 0 Å². The molecule has 0 bridgehead atoms. The largest absolute Gasteiger partial charge is 0.416 e. The molecule has 1 N–H and O–H groups in total. The Morgan fingerprint density at radius 1 is 1.35 bits per heavy atom. The van der Waals surface area contributed by atoms with Crippen LogP contribution in [0.2, 0.25) is 0 Å². The third-order valence-electron chi connectivity index (χ3n) is 2.17. The van der Waals surface area contributed by atoms with Gasteiger partial charge in [0.15, 0.2) is 0 Å². The first-order valence-electron chi connectivity index (χ1n) is 4.42. The van der Waals surface area contributed by atoms with Crippen LogP contribution in [-0.2, 0) is 6.18 Å². The Bertz CT molecular complexity index is 682. The number of nitriles is 1. The molecule has 0 spiro atoms. The number of halogens is 3. The minimum absolute atomic E-state index is 0.0560. The summed E-state index contributed by atoms with van der Waals surface area (Å²) in [6, 6.07) is 3.14. The molecule has 4 nitrogen and oxygen atoms in total. The Morgan fingerprint density at radius 3 is 2.65 bits per heavy atom. The molecule has 0 atom stereocenters. The molecule has 0 aliphatic heterocycles. The van der Waals surface area contributed by atoms with E-state index in [1.807, 2.05) is 0 Å². The molecule has 7 heteroatoms. The van der Waals surface area contributed by atoms with Crippen molar-refractivity contribution in [2.24, 2.45) is 0 Å². The van der Waals surface area contributed by atoms with Gasteiger partial charge in [-0.1, -0.05) is 0 Å². The molecular weight excluding hydrogens is 235 g/mol. The summed E-state index contributed by atoms with van der Waals surface area (Å²) in [5, 5.41) is 8.82. The number of fused-ring (bicyclic) bond motifs is 1. The average Bonchev–Trinajstić information content (AvgIpc) is 2.26. The second-order valence-corrected chi connectivity index (χ2v) is 3.29. The quantitative estimate of drug-likeness (QED) is 0.762. The van der Waals surface area contributed by atoms with E-state index in [9.17, 15) is 18.0 Å². The van der Waals surface area contributed by atoms with Crippen molar-refractivity contribution < 1.29 is 13.2 Å². The SMILES string of the molecule is N#Cc1cc(C(F)(F)F)cc2cnc(=O)[nH]c12. The molecule has 0 aliphatic carbocycles. The minimum atomic E-state index is -4.55. The monoisotopic (exact) mass is 239 g/mol. The van der Waals surface area contributed by atoms with Gasteiger partial charge in [-0.2, -0.15) is 18.4 Å². The number of benzene rings is 1. The fourth-order valence-electron chi connectivity index (χ4n) is 1.43. The lowest BCUT2D eigenvalue weighted by atomic mass is 10.1. The zero-order valence-electron chi connectivity index (χ0n) is 8.17. The number of nitrogens with one attached hydrogen (secondary N) is 1. The lowest BCUT2D eigenvalue weighted by Gasteiger charge is -2.08. The Balaban J connectivity index is 2.86. The van der Waals surface area contributed by atoms with E-state index in [4.69, 9.17) is 5.26 Å². The van der Waals surface area contributed by atoms with Gasteiger partial charge in [-0.05, 0) is 12.1 Å². The highest BCUT2D eigenvalue weighted by atomic mass is 19.4. The standard InChI is InChI=1S/C10H4F3N3O/c11-10(12,13)7-1-5(3-14)8-6(2-7)4-15-9(17)16-8/h1-2,4H,(H,15,16,17). The van der Waals surface area contributed by atoms with E-state index in [0.717, 1.165) is 12.3 Å². The summed E-state index contributed by atoms with van der Waals surface area (Å²) >= 11 is 0. The first-order chi connectivity index (χ1) is 7.91. The van der Waals surface area contributed by atoms with Gasteiger partial charge in [-0.15, -0.1) is 0 Å². The van der Waals surface area contributed by atoms with Gasteiger partial charge >= 0.3 is 11.9 Å². The van der Waals surface area contributed by atoms with Crippen molar-refractivity contribution in [1.29, 1.82) is 5.26 Å². The Morgan fingerprint density at radius 2 is 2.06 bits per heavy atom. The van der Waals surface area contributed by atoms with Crippen LogP contribution in [0.1, 0.15) is 11.1 Å². The molecule has 1 aromatic heterocycles. The third-order valence-corrected chi connectivity index (χ3v) is 2.17. The lowest BCUT2D eigenvalue weighted by Crippen LogP contribution is -2.11. The summed E-state index contributed by atoms with van der Waals surface area (Å²) < 4.78 is 37.5. The highest BCUT2D eigenvalue weighted by Gasteiger charge is 2.31. The number of H-pyrrole nitrogens is 1. The Kier molecular flexibility index (Phi) is 2.35. The van der Waals surface area contributed by atoms with Crippen molar-refractivity contribution in [1.82, 2.24) is 9.97 Å². The van der Waals surface area contributed by atoms with Crippen LogP contribution >= 0.6 is 0 Å². The highest BCUT2D eigenvalue weighted by Crippen LogP contribution is 2.32. The van der Waals surface area contributed by atoms with E-state index in [-0.39, 0.29) is 16.5 Å². The van der Waals surface area contributed by atoms with Gasteiger partial charge in [0, 0.05) is 11.6 Å². The average molecular weight is 239 g/mol. The summed E-state index contributed by atoms with van der Waals surface area (Å²) in [6.07, 6.45) is -3.54. The summed E-state index contributed by atoms with van der Waals surface area (Å²) in [5.41, 5.74) is -1.85. The van der Waals surface area contributed by atoms with Crippen molar-refractivity contribution in [3.8, 4) is 6.07 Å². The highest BCUT2D eigenvalue weighted by molar-refractivity contribution is 5.84. The minimum Gasteiger partial charge on any atom is -0.304 e. The molecule has 86 valence electrons. The van der Waals surface area contributed by atoms with Gasteiger partial charge in [0.1, 0.15) is 6.07 Å². The van der Waals surface area contributed by atoms with E-state index in [1.165, 1.54) is 0 Å². The molecule has 0 unspecified atom stereocenters. The zero-order chi connectivity index (χ0) is 12.6. The van der Waals surface area contributed by atoms with Crippen LogP contribution in [0.25, 0.3) is 10.9 Å². The summed E-state index contributed by atoms with van der Waals surface area (Å²) in [7, 11) is 0. The van der Waals surface area contributed by atoms with Crippen LogP contribution in [-0.4, -0.2) is 9.97 Å². The first kappa shape index (κ1) is 11.1. The van der Waals surface area contributed by atoms with E-state index in [1.54, 1.807) is 6.07 Å². The second kappa shape index (κ2) is 3.59. The van der Waals surface area contributed by atoms with Gasteiger partial charge in [-0.25, -0.2) is 9.78 Å².